The average Bonchev–Trinajstić information content (AvgIpc) is 2.66. The van der Waals surface area contributed by atoms with Crippen LogP contribution in [-0.2, 0) is 9.59 Å². The molecule has 0 bridgehead atoms. The molecule has 0 N–H and O–H groups in total. The summed E-state index contributed by atoms with van der Waals surface area (Å²) in [5, 5.41) is 0. The molecule has 0 aromatic heterocycles. The normalized spacial score (nSPS) is 15.7. The lowest BCUT2D eigenvalue weighted by Crippen LogP contribution is -2.51. The fourth-order valence-corrected chi connectivity index (χ4v) is 3.45. The minimum Gasteiger partial charge on any atom is -0.497 e. The van der Waals surface area contributed by atoms with E-state index in [1.165, 1.54) is 0 Å². The first kappa shape index (κ1) is 20.1. The zero-order valence-corrected chi connectivity index (χ0v) is 16.4. The van der Waals surface area contributed by atoms with Gasteiger partial charge in [-0.3, -0.25) is 9.59 Å². The maximum atomic E-state index is 13.0. The molecule has 144 valence electrons. The van der Waals surface area contributed by atoms with Gasteiger partial charge in [-0.15, -0.1) is 0 Å². The van der Waals surface area contributed by atoms with E-state index < -0.39 is 0 Å². The predicted molar refractivity (Wildman–Crippen MR) is 103 cm³/mol. The molecule has 1 aromatic rings. The van der Waals surface area contributed by atoms with Crippen LogP contribution >= 0.6 is 0 Å². The molecular weight excluding hydrogens is 330 g/mol. The van der Waals surface area contributed by atoms with Crippen LogP contribution in [0.3, 0.4) is 0 Å². The third-order valence-corrected chi connectivity index (χ3v) is 4.82. The zero-order valence-electron chi connectivity index (χ0n) is 16.4. The second-order valence-electron chi connectivity index (χ2n) is 7.38. The van der Waals surface area contributed by atoms with Gasteiger partial charge in [0, 0.05) is 45.5 Å². The number of methoxy groups -OCH3 is 1. The number of rotatable bonds is 8. The summed E-state index contributed by atoms with van der Waals surface area (Å²) in [4.78, 5) is 29.7. The third-order valence-electron chi connectivity index (χ3n) is 4.82. The van der Waals surface area contributed by atoms with Crippen LogP contribution in [0.2, 0.25) is 0 Å². The Morgan fingerprint density at radius 1 is 1.19 bits per heavy atom. The van der Waals surface area contributed by atoms with Gasteiger partial charge in [0.25, 0.3) is 0 Å². The van der Waals surface area contributed by atoms with E-state index in [1.807, 2.05) is 17.0 Å². The van der Waals surface area contributed by atoms with Crippen LogP contribution in [0.1, 0.15) is 20.3 Å². The summed E-state index contributed by atoms with van der Waals surface area (Å²) in [5.74, 6) is 1.31. The van der Waals surface area contributed by atoms with Gasteiger partial charge in [0.15, 0.2) is 0 Å². The highest BCUT2D eigenvalue weighted by atomic mass is 16.5. The van der Waals surface area contributed by atoms with Crippen LogP contribution < -0.4 is 9.64 Å². The van der Waals surface area contributed by atoms with E-state index in [0.29, 0.717) is 25.6 Å². The molecule has 0 radical (unpaired) electrons. The number of hydrogen-bond donors (Lipinski definition) is 0. The van der Waals surface area contributed by atoms with Crippen LogP contribution in [0.4, 0.5) is 5.69 Å². The Morgan fingerprint density at radius 3 is 2.31 bits per heavy atom. The number of amides is 2. The summed E-state index contributed by atoms with van der Waals surface area (Å²) in [6.45, 7) is 7.77. The Morgan fingerprint density at radius 2 is 1.81 bits per heavy atom. The van der Waals surface area contributed by atoms with Gasteiger partial charge < -0.3 is 19.4 Å². The summed E-state index contributed by atoms with van der Waals surface area (Å²) in [7, 11) is 3.39. The first-order chi connectivity index (χ1) is 12.4. The molecule has 2 amide bonds. The van der Waals surface area contributed by atoms with Crippen molar-refractivity contribution in [1.29, 1.82) is 0 Å². The number of piperazine rings is 1. The summed E-state index contributed by atoms with van der Waals surface area (Å²) < 4.78 is 5.20. The van der Waals surface area contributed by atoms with E-state index in [9.17, 15) is 9.59 Å². The van der Waals surface area contributed by atoms with Gasteiger partial charge in [-0.1, -0.05) is 13.8 Å². The Bertz CT molecular complexity index is 580. The van der Waals surface area contributed by atoms with Crippen molar-refractivity contribution in [3.63, 3.8) is 0 Å². The molecule has 0 unspecified atom stereocenters. The number of carbonyl (C=O) groups excluding carboxylic acids is 2. The summed E-state index contributed by atoms with van der Waals surface area (Å²) in [6, 6.07) is 8.02. The Kier molecular flexibility index (Phi) is 7.30. The number of hydrogen-bond acceptors (Lipinski definition) is 4. The Balaban J connectivity index is 1.95. The van der Waals surface area contributed by atoms with Crippen molar-refractivity contribution in [3.8, 4) is 5.75 Å². The fraction of sp³-hybridized carbons (Fsp3) is 0.600. The van der Waals surface area contributed by atoms with Crippen LogP contribution in [-0.4, -0.2) is 69.0 Å². The van der Waals surface area contributed by atoms with E-state index in [2.05, 4.69) is 30.9 Å². The number of carbonyl (C=O) groups is 2. The highest BCUT2D eigenvalue weighted by molar-refractivity contribution is 5.79. The second kappa shape index (κ2) is 9.46. The molecule has 0 spiro atoms. The minimum absolute atomic E-state index is 0.127. The van der Waals surface area contributed by atoms with Crippen molar-refractivity contribution in [2.75, 3.05) is 51.8 Å². The molecule has 6 heteroatoms. The van der Waals surface area contributed by atoms with Crippen molar-refractivity contribution in [2.24, 2.45) is 11.8 Å². The van der Waals surface area contributed by atoms with Crippen molar-refractivity contribution >= 4 is 18.0 Å². The molecule has 1 heterocycles. The SMILES string of the molecule is COc1ccc(N2CCN(C(=O)[C@@H](CC(C)C)CN(C)C=O)CC2)cc1. The van der Waals surface area contributed by atoms with E-state index in [0.717, 1.165) is 37.4 Å². The van der Waals surface area contributed by atoms with Crippen molar-refractivity contribution in [2.45, 2.75) is 20.3 Å². The molecule has 2 rings (SSSR count). The van der Waals surface area contributed by atoms with Crippen molar-refractivity contribution in [3.05, 3.63) is 24.3 Å². The quantitative estimate of drug-likeness (QED) is 0.666. The van der Waals surface area contributed by atoms with E-state index >= 15 is 0 Å². The van der Waals surface area contributed by atoms with Crippen LogP contribution in [0.5, 0.6) is 5.75 Å². The third kappa shape index (κ3) is 5.38. The average molecular weight is 361 g/mol. The van der Waals surface area contributed by atoms with Gasteiger partial charge in [0.2, 0.25) is 12.3 Å². The maximum Gasteiger partial charge on any atom is 0.227 e. The number of anilines is 1. The number of ether oxygens (including phenoxy) is 1. The molecule has 0 aliphatic carbocycles. The van der Waals surface area contributed by atoms with Crippen molar-refractivity contribution < 1.29 is 14.3 Å². The topological polar surface area (TPSA) is 53.1 Å². The van der Waals surface area contributed by atoms with Crippen LogP contribution in [0.15, 0.2) is 24.3 Å². The standard InChI is InChI=1S/C20H31N3O3/c1-16(2)13-17(14-21(3)15-24)20(25)23-11-9-22(10-12-23)18-5-7-19(26-4)8-6-18/h5-8,15-17H,9-14H2,1-4H3/t17-/m0/s1. The molecule has 1 fully saturated rings. The lowest BCUT2D eigenvalue weighted by atomic mass is 9.95. The Hall–Kier alpha value is -2.24. The van der Waals surface area contributed by atoms with Gasteiger partial charge in [-0.05, 0) is 36.6 Å². The van der Waals surface area contributed by atoms with Gasteiger partial charge in [0.1, 0.15) is 5.75 Å². The molecular formula is C20H31N3O3. The zero-order chi connectivity index (χ0) is 19.1. The lowest BCUT2D eigenvalue weighted by Gasteiger charge is -2.38. The lowest BCUT2D eigenvalue weighted by molar-refractivity contribution is -0.137. The van der Waals surface area contributed by atoms with E-state index in [1.54, 1.807) is 19.1 Å². The molecule has 26 heavy (non-hydrogen) atoms. The van der Waals surface area contributed by atoms with E-state index in [4.69, 9.17) is 4.74 Å². The molecule has 0 saturated carbocycles. The van der Waals surface area contributed by atoms with Gasteiger partial charge in [0.05, 0.1) is 13.0 Å². The number of nitrogens with zero attached hydrogens (tertiary/aromatic N) is 3. The summed E-state index contributed by atoms with van der Waals surface area (Å²) in [5.41, 5.74) is 1.15. The van der Waals surface area contributed by atoms with E-state index in [-0.39, 0.29) is 11.8 Å². The van der Waals surface area contributed by atoms with Gasteiger partial charge in [-0.25, -0.2) is 0 Å². The first-order valence-electron chi connectivity index (χ1n) is 9.28. The largest absolute Gasteiger partial charge is 0.497 e. The van der Waals surface area contributed by atoms with Gasteiger partial charge >= 0.3 is 0 Å². The molecule has 1 aromatic carbocycles. The molecule has 6 nitrogen and oxygen atoms in total. The monoisotopic (exact) mass is 361 g/mol. The highest BCUT2D eigenvalue weighted by Crippen LogP contribution is 2.22. The summed E-state index contributed by atoms with van der Waals surface area (Å²) >= 11 is 0. The van der Waals surface area contributed by atoms with Crippen LogP contribution in [0, 0.1) is 11.8 Å². The minimum atomic E-state index is -0.127. The molecule has 1 aliphatic rings. The predicted octanol–water partition coefficient (Wildman–Crippen LogP) is 2.09. The fourth-order valence-electron chi connectivity index (χ4n) is 3.45. The number of benzene rings is 1. The Labute approximate surface area is 156 Å². The second-order valence-corrected chi connectivity index (χ2v) is 7.38. The van der Waals surface area contributed by atoms with Gasteiger partial charge in [-0.2, -0.15) is 0 Å². The van der Waals surface area contributed by atoms with Crippen molar-refractivity contribution in [1.82, 2.24) is 9.80 Å². The van der Waals surface area contributed by atoms with Crippen LogP contribution in [0.25, 0.3) is 0 Å². The summed E-state index contributed by atoms with van der Waals surface area (Å²) in [6.07, 6.45) is 1.60. The molecule has 1 atom stereocenters. The first-order valence-corrected chi connectivity index (χ1v) is 9.28. The molecule has 1 aliphatic heterocycles. The molecule has 1 saturated heterocycles. The highest BCUT2D eigenvalue weighted by Gasteiger charge is 2.28. The smallest absolute Gasteiger partial charge is 0.227 e. The maximum absolute atomic E-state index is 13.0.